The monoisotopic (exact) mass is 253 g/mol. The summed E-state index contributed by atoms with van der Waals surface area (Å²) < 4.78 is 1.13. The zero-order valence-corrected chi connectivity index (χ0v) is 10.1. The number of anilines is 1. The highest BCUT2D eigenvalue weighted by atomic mass is 79.9. The fraction of sp³-hybridized carbons (Fsp3) is 0.333. The van der Waals surface area contributed by atoms with Gasteiger partial charge in [0.05, 0.1) is 0 Å². The van der Waals surface area contributed by atoms with Crippen LogP contribution >= 0.6 is 15.9 Å². The van der Waals surface area contributed by atoms with Crippen LogP contribution in [0.5, 0.6) is 0 Å². The number of rotatable bonds is 5. The van der Waals surface area contributed by atoms with Crippen molar-refractivity contribution in [2.45, 2.75) is 19.8 Å². The molecule has 0 atom stereocenters. The maximum absolute atomic E-state index is 3.70. The number of benzene rings is 1. The number of unbranched alkanes of at least 4 members (excludes halogenated alkanes) is 1. The minimum absolute atomic E-state index is 1.01. The Morgan fingerprint density at radius 2 is 2.29 bits per heavy atom. The summed E-state index contributed by atoms with van der Waals surface area (Å²) in [6, 6.07) is 6.28. The highest BCUT2D eigenvalue weighted by Gasteiger charge is 1.96. The molecule has 1 aromatic rings. The van der Waals surface area contributed by atoms with Gasteiger partial charge in [0, 0.05) is 16.7 Å². The number of aryl methyl sites for hydroxylation is 1. The van der Waals surface area contributed by atoms with Crippen LogP contribution in [-0.4, -0.2) is 6.54 Å². The average molecular weight is 254 g/mol. The van der Waals surface area contributed by atoms with E-state index in [1.807, 2.05) is 6.08 Å². The van der Waals surface area contributed by atoms with Crippen LogP contribution in [0.2, 0.25) is 0 Å². The molecule has 2 heteroatoms. The third-order valence-electron chi connectivity index (χ3n) is 2.09. The van der Waals surface area contributed by atoms with E-state index < -0.39 is 0 Å². The molecule has 0 aliphatic rings. The van der Waals surface area contributed by atoms with Crippen LogP contribution in [0.1, 0.15) is 18.4 Å². The molecule has 0 radical (unpaired) electrons. The summed E-state index contributed by atoms with van der Waals surface area (Å²) in [5.74, 6) is 0. The van der Waals surface area contributed by atoms with Crippen LogP contribution in [0.4, 0.5) is 5.69 Å². The second kappa shape index (κ2) is 5.86. The Kier molecular flexibility index (Phi) is 4.74. The molecule has 0 fully saturated rings. The van der Waals surface area contributed by atoms with Crippen molar-refractivity contribution in [1.82, 2.24) is 0 Å². The first kappa shape index (κ1) is 11.3. The van der Waals surface area contributed by atoms with Crippen LogP contribution < -0.4 is 5.32 Å². The van der Waals surface area contributed by atoms with Crippen molar-refractivity contribution in [2.75, 3.05) is 11.9 Å². The summed E-state index contributed by atoms with van der Waals surface area (Å²) >= 11 is 3.45. The fourth-order valence-corrected chi connectivity index (χ4v) is 1.77. The molecular formula is C12H16BrN. The normalized spacial score (nSPS) is 9.86. The van der Waals surface area contributed by atoms with Gasteiger partial charge in [0.15, 0.2) is 0 Å². The predicted octanol–water partition coefficient (Wildman–Crippen LogP) is 4.14. The molecule has 1 rings (SSSR count). The highest BCUT2D eigenvalue weighted by molar-refractivity contribution is 9.10. The molecule has 0 aromatic heterocycles. The second-order valence-electron chi connectivity index (χ2n) is 3.32. The Hall–Kier alpha value is -0.760. The van der Waals surface area contributed by atoms with E-state index in [1.54, 1.807) is 0 Å². The highest BCUT2D eigenvalue weighted by Crippen LogP contribution is 2.19. The molecule has 0 saturated carbocycles. The topological polar surface area (TPSA) is 12.0 Å². The van der Waals surface area contributed by atoms with Gasteiger partial charge < -0.3 is 5.32 Å². The Morgan fingerprint density at radius 3 is 2.93 bits per heavy atom. The number of halogens is 1. The van der Waals surface area contributed by atoms with Gasteiger partial charge in [-0.05, 0) is 43.5 Å². The number of nitrogens with one attached hydrogen (secondary N) is 1. The van der Waals surface area contributed by atoms with Crippen molar-refractivity contribution in [3.05, 3.63) is 40.9 Å². The lowest BCUT2D eigenvalue weighted by atomic mass is 10.2. The molecule has 1 nitrogen and oxygen atoms in total. The fourth-order valence-electron chi connectivity index (χ4n) is 1.29. The van der Waals surface area contributed by atoms with Gasteiger partial charge in [-0.1, -0.05) is 22.0 Å². The maximum atomic E-state index is 3.70. The van der Waals surface area contributed by atoms with Gasteiger partial charge in [0.25, 0.3) is 0 Å². The van der Waals surface area contributed by atoms with E-state index in [0.717, 1.165) is 23.9 Å². The van der Waals surface area contributed by atoms with Crippen LogP contribution in [-0.2, 0) is 0 Å². The van der Waals surface area contributed by atoms with E-state index in [9.17, 15) is 0 Å². The zero-order valence-electron chi connectivity index (χ0n) is 8.52. The van der Waals surface area contributed by atoms with Gasteiger partial charge in [-0.25, -0.2) is 0 Å². The number of hydrogen-bond acceptors (Lipinski definition) is 1. The van der Waals surface area contributed by atoms with Crippen molar-refractivity contribution in [1.29, 1.82) is 0 Å². The van der Waals surface area contributed by atoms with Gasteiger partial charge in [-0.15, -0.1) is 6.58 Å². The number of allylic oxidation sites excluding steroid dienone is 1. The van der Waals surface area contributed by atoms with Gasteiger partial charge in [0.2, 0.25) is 0 Å². The first-order valence-electron chi connectivity index (χ1n) is 4.85. The van der Waals surface area contributed by atoms with Crippen LogP contribution in [0, 0.1) is 6.92 Å². The maximum Gasteiger partial charge on any atom is 0.0370 e. The molecule has 76 valence electrons. The molecule has 0 aliphatic carbocycles. The molecule has 0 spiro atoms. The Bertz CT molecular complexity index is 307. The van der Waals surface area contributed by atoms with Gasteiger partial charge in [0.1, 0.15) is 0 Å². The van der Waals surface area contributed by atoms with E-state index >= 15 is 0 Å². The SMILES string of the molecule is C=CCCCNc1ccc(Br)cc1C. The van der Waals surface area contributed by atoms with Crippen molar-refractivity contribution >= 4 is 21.6 Å². The standard InChI is InChI=1S/C12H16BrN/c1-3-4-5-8-14-12-7-6-11(13)9-10(12)2/h3,6-7,9,14H,1,4-5,8H2,2H3. The molecule has 1 aromatic carbocycles. The first-order valence-corrected chi connectivity index (χ1v) is 5.64. The van der Waals surface area contributed by atoms with Crippen LogP contribution in [0.15, 0.2) is 35.3 Å². The minimum atomic E-state index is 1.01. The van der Waals surface area contributed by atoms with E-state index in [-0.39, 0.29) is 0 Å². The zero-order chi connectivity index (χ0) is 10.4. The van der Waals surface area contributed by atoms with E-state index in [0.29, 0.717) is 0 Å². The van der Waals surface area contributed by atoms with Crippen molar-refractivity contribution < 1.29 is 0 Å². The van der Waals surface area contributed by atoms with E-state index in [2.05, 4.69) is 52.9 Å². The third-order valence-corrected chi connectivity index (χ3v) is 2.58. The van der Waals surface area contributed by atoms with E-state index in [4.69, 9.17) is 0 Å². The van der Waals surface area contributed by atoms with Gasteiger partial charge in [-0.3, -0.25) is 0 Å². The Morgan fingerprint density at radius 1 is 1.50 bits per heavy atom. The average Bonchev–Trinajstić information content (AvgIpc) is 2.15. The summed E-state index contributed by atoms with van der Waals surface area (Å²) in [5.41, 5.74) is 2.50. The Balaban J connectivity index is 2.46. The predicted molar refractivity (Wildman–Crippen MR) is 66.8 cm³/mol. The summed E-state index contributed by atoms with van der Waals surface area (Å²) in [4.78, 5) is 0. The summed E-state index contributed by atoms with van der Waals surface area (Å²) in [6.45, 7) is 6.82. The van der Waals surface area contributed by atoms with Gasteiger partial charge >= 0.3 is 0 Å². The van der Waals surface area contributed by atoms with Crippen molar-refractivity contribution in [3.63, 3.8) is 0 Å². The molecule has 14 heavy (non-hydrogen) atoms. The summed E-state index contributed by atoms with van der Waals surface area (Å²) in [6.07, 6.45) is 4.16. The quantitative estimate of drug-likeness (QED) is 0.615. The molecule has 0 aliphatic heterocycles. The molecule has 1 N–H and O–H groups in total. The first-order chi connectivity index (χ1) is 6.74. The van der Waals surface area contributed by atoms with Crippen molar-refractivity contribution in [3.8, 4) is 0 Å². The molecule has 0 heterocycles. The third kappa shape index (κ3) is 3.54. The van der Waals surface area contributed by atoms with E-state index in [1.165, 1.54) is 11.3 Å². The lowest BCUT2D eigenvalue weighted by Crippen LogP contribution is -2.02. The largest absolute Gasteiger partial charge is 0.385 e. The lowest BCUT2D eigenvalue weighted by Gasteiger charge is -2.08. The molecule has 0 amide bonds. The summed E-state index contributed by atoms with van der Waals surface area (Å²) in [5, 5.41) is 3.41. The number of hydrogen-bond donors (Lipinski definition) is 1. The molecule has 0 saturated heterocycles. The molecular weight excluding hydrogens is 238 g/mol. The van der Waals surface area contributed by atoms with Crippen LogP contribution in [0.25, 0.3) is 0 Å². The lowest BCUT2D eigenvalue weighted by molar-refractivity contribution is 0.890. The summed E-state index contributed by atoms with van der Waals surface area (Å²) in [7, 11) is 0. The Labute approximate surface area is 94.3 Å². The van der Waals surface area contributed by atoms with Gasteiger partial charge in [-0.2, -0.15) is 0 Å². The molecule has 0 unspecified atom stereocenters. The minimum Gasteiger partial charge on any atom is -0.385 e. The second-order valence-corrected chi connectivity index (χ2v) is 4.23. The van der Waals surface area contributed by atoms with Crippen LogP contribution in [0.3, 0.4) is 0 Å². The molecule has 0 bridgehead atoms. The van der Waals surface area contributed by atoms with Crippen molar-refractivity contribution in [2.24, 2.45) is 0 Å². The smallest absolute Gasteiger partial charge is 0.0370 e.